The molecule has 4 heterocycles. The lowest BCUT2D eigenvalue weighted by Crippen LogP contribution is -2.50. The molecule has 0 saturated carbocycles. The Hall–Kier alpha value is -1.92. The van der Waals surface area contributed by atoms with Crippen LogP contribution in [0, 0.1) is 12.3 Å². The van der Waals surface area contributed by atoms with Gasteiger partial charge in [0, 0.05) is 37.4 Å². The first-order chi connectivity index (χ1) is 12.2. The number of rotatable bonds is 3. The summed E-state index contributed by atoms with van der Waals surface area (Å²) in [5.41, 5.74) is 0.147. The first-order valence-corrected chi connectivity index (χ1v) is 9.09. The van der Waals surface area contributed by atoms with Crippen molar-refractivity contribution in [1.29, 1.82) is 0 Å². The second-order valence-corrected chi connectivity index (χ2v) is 7.36. The zero-order chi connectivity index (χ0) is 17.1. The number of piperidine rings is 1. The molecule has 4 rings (SSSR count). The number of ether oxygens (including phenoxy) is 1. The topological polar surface area (TPSA) is 54.6 Å². The van der Waals surface area contributed by atoms with Crippen molar-refractivity contribution in [1.82, 2.24) is 14.9 Å². The van der Waals surface area contributed by atoms with Crippen LogP contribution in [0.2, 0.25) is 0 Å². The van der Waals surface area contributed by atoms with Crippen LogP contribution < -0.4 is 4.90 Å². The quantitative estimate of drug-likeness (QED) is 0.854. The number of furan rings is 1. The van der Waals surface area contributed by atoms with Crippen molar-refractivity contribution in [3.8, 4) is 0 Å². The molecule has 0 unspecified atom stereocenters. The van der Waals surface area contributed by atoms with E-state index in [0.29, 0.717) is 0 Å². The monoisotopic (exact) mass is 342 g/mol. The van der Waals surface area contributed by atoms with Crippen LogP contribution in [-0.2, 0) is 11.3 Å². The summed E-state index contributed by atoms with van der Waals surface area (Å²) in [6.07, 6.45) is 7.72. The molecule has 0 N–H and O–H groups in total. The van der Waals surface area contributed by atoms with Crippen LogP contribution in [0.15, 0.2) is 35.1 Å². The van der Waals surface area contributed by atoms with Gasteiger partial charge in [-0.1, -0.05) is 0 Å². The molecule has 0 aromatic carbocycles. The third kappa shape index (κ3) is 3.85. The summed E-state index contributed by atoms with van der Waals surface area (Å²) in [7, 11) is 0. The molecule has 25 heavy (non-hydrogen) atoms. The lowest BCUT2D eigenvalue weighted by Gasteiger charge is -2.43. The highest BCUT2D eigenvalue weighted by atomic mass is 16.5. The normalized spacial score (nSPS) is 25.2. The van der Waals surface area contributed by atoms with Crippen molar-refractivity contribution < 1.29 is 9.15 Å². The van der Waals surface area contributed by atoms with Gasteiger partial charge in [-0.15, -0.1) is 0 Å². The third-order valence-corrected chi connectivity index (χ3v) is 5.23. The third-order valence-electron chi connectivity index (χ3n) is 5.23. The van der Waals surface area contributed by atoms with Gasteiger partial charge in [0.2, 0.25) is 0 Å². The number of aryl methyl sites for hydroxylation is 1. The Morgan fingerprint density at radius 3 is 2.96 bits per heavy atom. The van der Waals surface area contributed by atoms with E-state index in [2.05, 4.69) is 25.8 Å². The van der Waals surface area contributed by atoms with Gasteiger partial charge in [0.15, 0.2) is 0 Å². The van der Waals surface area contributed by atoms with Crippen LogP contribution in [0.4, 0.5) is 5.82 Å². The maximum atomic E-state index is 6.00. The Labute approximate surface area is 148 Å². The summed E-state index contributed by atoms with van der Waals surface area (Å²) in [4.78, 5) is 13.6. The van der Waals surface area contributed by atoms with Gasteiger partial charge in [-0.25, -0.2) is 4.98 Å². The van der Waals surface area contributed by atoms with E-state index >= 15 is 0 Å². The van der Waals surface area contributed by atoms with Gasteiger partial charge in [0.1, 0.15) is 17.3 Å². The number of hydrogen-bond acceptors (Lipinski definition) is 6. The lowest BCUT2D eigenvalue weighted by atomic mass is 9.80. The number of nitrogens with zero attached hydrogens (tertiary/aromatic N) is 4. The van der Waals surface area contributed by atoms with Crippen molar-refractivity contribution in [3.63, 3.8) is 0 Å². The SMILES string of the molecule is Cc1ccc(CN2CCC[C@]3(COCCN(c4cnccn4)C3)C2)o1. The van der Waals surface area contributed by atoms with Crippen molar-refractivity contribution in [3.05, 3.63) is 42.2 Å². The van der Waals surface area contributed by atoms with Gasteiger partial charge in [-0.05, 0) is 38.4 Å². The van der Waals surface area contributed by atoms with Crippen LogP contribution >= 0.6 is 0 Å². The molecule has 1 spiro atoms. The van der Waals surface area contributed by atoms with Gasteiger partial charge in [0.05, 0.1) is 26.0 Å². The molecular weight excluding hydrogens is 316 g/mol. The van der Waals surface area contributed by atoms with Crippen LogP contribution in [0.5, 0.6) is 0 Å². The molecule has 2 aromatic rings. The summed E-state index contributed by atoms with van der Waals surface area (Å²) >= 11 is 0. The maximum Gasteiger partial charge on any atom is 0.147 e. The number of anilines is 1. The molecular formula is C19H26N4O2. The average molecular weight is 342 g/mol. The van der Waals surface area contributed by atoms with Crippen molar-refractivity contribution in [2.75, 3.05) is 44.3 Å². The molecule has 0 amide bonds. The van der Waals surface area contributed by atoms with E-state index in [4.69, 9.17) is 9.15 Å². The molecule has 2 aliphatic rings. The van der Waals surface area contributed by atoms with E-state index < -0.39 is 0 Å². The van der Waals surface area contributed by atoms with E-state index in [1.807, 2.05) is 19.2 Å². The molecule has 0 aliphatic carbocycles. The summed E-state index contributed by atoms with van der Waals surface area (Å²) in [6.45, 7) is 8.43. The summed E-state index contributed by atoms with van der Waals surface area (Å²) in [5, 5.41) is 0. The Balaban J connectivity index is 1.48. The zero-order valence-electron chi connectivity index (χ0n) is 14.9. The van der Waals surface area contributed by atoms with Crippen LogP contribution in [0.25, 0.3) is 0 Å². The summed E-state index contributed by atoms with van der Waals surface area (Å²) in [5.74, 6) is 2.98. The molecule has 2 fully saturated rings. The molecule has 0 radical (unpaired) electrons. The van der Waals surface area contributed by atoms with Gasteiger partial charge in [-0.3, -0.25) is 9.88 Å². The fraction of sp³-hybridized carbons (Fsp3) is 0.579. The van der Waals surface area contributed by atoms with E-state index in [9.17, 15) is 0 Å². The highest BCUT2D eigenvalue weighted by Crippen LogP contribution is 2.34. The van der Waals surface area contributed by atoms with Gasteiger partial charge in [0.25, 0.3) is 0 Å². The molecule has 1 atom stereocenters. The Morgan fingerprint density at radius 2 is 2.16 bits per heavy atom. The molecule has 6 nitrogen and oxygen atoms in total. The van der Waals surface area contributed by atoms with Crippen LogP contribution in [-0.4, -0.2) is 54.3 Å². The zero-order valence-corrected chi connectivity index (χ0v) is 14.9. The van der Waals surface area contributed by atoms with Gasteiger partial charge >= 0.3 is 0 Å². The average Bonchev–Trinajstić information content (AvgIpc) is 2.92. The Kier molecular flexibility index (Phi) is 4.72. The molecule has 0 bridgehead atoms. The van der Waals surface area contributed by atoms with E-state index in [0.717, 1.165) is 63.3 Å². The van der Waals surface area contributed by atoms with Crippen molar-refractivity contribution in [2.45, 2.75) is 26.3 Å². The predicted molar refractivity (Wildman–Crippen MR) is 95.5 cm³/mol. The second-order valence-electron chi connectivity index (χ2n) is 7.36. The minimum absolute atomic E-state index is 0.147. The Morgan fingerprint density at radius 1 is 1.20 bits per heavy atom. The van der Waals surface area contributed by atoms with Crippen LogP contribution in [0.1, 0.15) is 24.4 Å². The molecule has 2 saturated heterocycles. The smallest absolute Gasteiger partial charge is 0.147 e. The number of hydrogen-bond donors (Lipinski definition) is 0. The highest BCUT2D eigenvalue weighted by molar-refractivity contribution is 5.36. The summed E-state index contributed by atoms with van der Waals surface area (Å²) in [6, 6.07) is 4.13. The fourth-order valence-corrected chi connectivity index (χ4v) is 4.13. The van der Waals surface area contributed by atoms with E-state index in [1.165, 1.54) is 12.8 Å². The predicted octanol–water partition coefficient (Wildman–Crippen LogP) is 2.50. The minimum Gasteiger partial charge on any atom is -0.465 e. The maximum absolute atomic E-state index is 6.00. The van der Waals surface area contributed by atoms with Gasteiger partial charge < -0.3 is 14.1 Å². The highest BCUT2D eigenvalue weighted by Gasteiger charge is 2.39. The standard InChI is InChI=1S/C19H26N4O2/c1-16-3-4-17(25-16)12-22-8-2-5-19(13-22)14-23(9-10-24-15-19)18-11-20-6-7-21-18/h3-4,6-7,11H,2,5,8-10,12-15H2,1H3/t19-/m0/s1. The molecule has 2 aliphatic heterocycles. The van der Waals surface area contributed by atoms with Crippen molar-refractivity contribution >= 4 is 5.82 Å². The molecule has 2 aromatic heterocycles. The molecule has 6 heteroatoms. The largest absolute Gasteiger partial charge is 0.465 e. The number of likely N-dealkylation sites (tertiary alicyclic amines) is 1. The number of aromatic nitrogens is 2. The van der Waals surface area contributed by atoms with Gasteiger partial charge in [-0.2, -0.15) is 0 Å². The first kappa shape index (κ1) is 16.5. The summed E-state index contributed by atoms with van der Waals surface area (Å²) < 4.78 is 11.8. The van der Waals surface area contributed by atoms with E-state index in [1.54, 1.807) is 12.4 Å². The second kappa shape index (κ2) is 7.14. The fourth-order valence-electron chi connectivity index (χ4n) is 4.13. The van der Waals surface area contributed by atoms with Crippen molar-refractivity contribution in [2.24, 2.45) is 5.41 Å². The Bertz CT molecular complexity index is 690. The lowest BCUT2D eigenvalue weighted by molar-refractivity contribution is 0.00873. The van der Waals surface area contributed by atoms with E-state index in [-0.39, 0.29) is 5.41 Å². The molecule has 134 valence electrons. The van der Waals surface area contributed by atoms with Crippen LogP contribution in [0.3, 0.4) is 0 Å². The first-order valence-electron chi connectivity index (χ1n) is 9.09. The minimum atomic E-state index is 0.147.